The van der Waals surface area contributed by atoms with Gasteiger partial charge in [0.1, 0.15) is 13.2 Å². The van der Waals surface area contributed by atoms with Gasteiger partial charge in [-0.3, -0.25) is 0 Å². The molecule has 8 nitrogen and oxygen atoms in total. The summed E-state index contributed by atoms with van der Waals surface area (Å²) in [5, 5.41) is 3.88. The summed E-state index contributed by atoms with van der Waals surface area (Å²) in [6.07, 6.45) is -5.26. The van der Waals surface area contributed by atoms with Gasteiger partial charge in [-0.2, -0.15) is 22.0 Å². The zero-order valence-electron chi connectivity index (χ0n) is 46.0. The summed E-state index contributed by atoms with van der Waals surface area (Å²) in [4.78, 5) is 51.7. The Kier molecular flexibility index (Phi) is 14.9. The molecule has 2 aliphatic rings. The lowest BCUT2D eigenvalue weighted by Gasteiger charge is -2.33. The lowest BCUT2D eigenvalue weighted by Crippen LogP contribution is -2.38. The standard InChI is InChI=1S/C69H59F5O8/c1-39(2)62(75)79-29-13-27-66(28-14-30-80-63(76)40(3)4)56-17-11-9-15-48(56)50-23-19-44(33-58(50)66)54-35-55(53-26-22-47-32-43(36-68(70,71)69(72,73)74)31-46-21-25-52(54)61(53)60(46)47)45-20-24-51-49-16-10-12-18-57(49)67(59(51)34-45,37-81-64(77)41(5)6)38-82-65(78)42(7)8/h9-12,15-26,31-35H,1,3,5,7,13-14,27-30,36-38H2,2,4,6,8H3. The van der Waals surface area contributed by atoms with Gasteiger partial charge in [0.25, 0.3) is 0 Å². The van der Waals surface area contributed by atoms with E-state index in [4.69, 9.17) is 18.9 Å². The lowest BCUT2D eigenvalue weighted by molar-refractivity contribution is -0.281. The number of rotatable bonds is 20. The van der Waals surface area contributed by atoms with E-state index < -0.39 is 53.2 Å². The van der Waals surface area contributed by atoms with Gasteiger partial charge in [0.05, 0.1) is 18.6 Å². The number of fused-ring (bicyclic) bond motifs is 6. The van der Waals surface area contributed by atoms with Crippen LogP contribution < -0.4 is 0 Å². The van der Waals surface area contributed by atoms with Crippen LogP contribution in [0.4, 0.5) is 22.0 Å². The number of esters is 4. The molecular formula is C69H59F5O8. The molecular weight excluding hydrogens is 1050 g/mol. The van der Waals surface area contributed by atoms with E-state index >= 15 is 0 Å². The maximum atomic E-state index is 14.8. The minimum Gasteiger partial charge on any atom is -0.462 e. The van der Waals surface area contributed by atoms with Crippen LogP contribution in [0.2, 0.25) is 0 Å². The summed E-state index contributed by atoms with van der Waals surface area (Å²) in [7, 11) is 0. The summed E-state index contributed by atoms with van der Waals surface area (Å²) >= 11 is 0. The maximum absolute atomic E-state index is 14.8. The molecule has 13 heteroatoms. The summed E-state index contributed by atoms with van der Waals surface area (Å²) < 4.78 is 93.9. The lowest BCUT2D eigenvalue weighted by atomic mass is 9.71. The van der Waals surface area contributed by atoms with Gasteiger partial charge in [-0.1, -0.05) is 136 Å². The number of ether oxygens (including phenoxy) is 4. The SMILES string of the molecule is C=C(C)C(=O)OCCCC1(CCCOC(=O)C(=C)C)c2ccccc2-c2ccc(-c3cc(-c4ccc5c(c4)C(COC(=O)C(=C)C)(COC(=O)C(=C)C)c4ccccc4-5)c4ccc5cc(CC(F)(F)C(F)(F)F)cc6ccc3c4c65)cc21. The third kappa shape index (κ3) is 10.0. The Bertz CT molecular complexity index is 3910. The average Bonchev–Trinajstić information content (AvgIpc) is 2.53. The van der Waals surface area contributed by atoms with Crippen LogP contribution in [-0.4, -0.2) is 62.4 Å². The van der Waals surface area contributed by atoms with E-state index in [0.717, 1.165) is 77.4 Å². The van der Waals surface area contributed by atoms with E-state index in [2.05, 4.69) is 62.7 Å². The molecule has 0 radical (unpaired) electrons. The molecule has 0 unspecified atom stereocenters. The molecule has 0 amide bonds. The number of alkyl halides is 5. The molecule has 0 saturated carbocycles. The molecule has 0 saturated heterocycles. The van der Waals surface area contributed by atoms with Crippen LogP contribution in [0.3, 0.4) is 0 Å². The van der Waals surface area contributed by atoms with Crippen LogP contribution in [0, 0.1) is 0 Å². The second kappa shape index (κ2) is 21.6. The van der Waals surface area contributed by atoms with E-state index in [-0.39, 0.29) is 54.3 Å². The molecule has 82 heavy (non-hydrogen) atoms. The first-order chi connectivity index (χ1) is 39.0. The number of hydrogen-bond acceptors (Lipinski definition) is 8. The molecule has 10 rings (SSSR count). The first kappa shape index (κ1) is 56.6. The first-order valence-electron chi connectivity index (χ1n) is 27.0. The first-order valence-corrected chi connectivity index (χ1v) is 27.0. The van der Waals surface area contributed by atoms with Gasteiger partial charge in [0.15, 0.2) is 0 Å². The van der Waals surface area contributed by atoms with Crippen LogP contribution in [0.1, 0.15) is 81.2 Å². The Labute approximate surface area is 471 Å². The highest BCUT2D eigenvalue weighted by atomic mass is 19.4. The number of carbonyl (C=O) groups is 4. The Hall–Kier alpha value is -8.71. The summed E-state index contributed by atoms with van der Waals surface area (Å²) in [6, 6.07) is 40.3. The van der Waals surface area contributed by atoms with Crippen molar-refractivity contribution in [3.63, 3.8) is 0 Å². The van der Waals surface area contributed by atoms with Gasteiger partial charge in [0, 0.05) is 34.1 Å². The van der Waals surface area contributed by atoms with Crippen molar-refractivity contribution < 1.29 is 60.1 Å². The van der Waals surface area contributed by atoms with Crippen LogP contribution in [0.5, 0.6) is 0 Å². The van der Waals surface area contributed by atoms with Crippen molar-refractivity contribution in [1.29, 1.82) is 0 Å². The number of benzene rings is 8. The molecule has 0 bridgehead atoms. The molecule has 0 aliphatic heterocycles. The largest absolute Gasteiger partial charge is 0.462 e. The van der Waals surface area contributed by atoms with E-state index in [1.807, 2.05) is 66.7 Å². The van der Waals surface area contributed by atoms with Gasteiger partial charge in [-0.15, -0.1) is 0 Å². The van der Waals surface area contributed by atoms with Crippen molar-refractivity contribution in [1.82, 2.24) is 0 Å². The van der Waals surface area contributed by atoms with Gasteiger partial charge >= 0.3 is 36.0 Å². The maximum Gasteiger partial charge on any atom is 0.453 e. The molecule has 0 N–H and O–H groups in total. The normalized spacial score (nSPS) is 13.7. The number of halogens is 5. The van der Waals surface area contributed by atoms with Crippen molar-refractivity contribution in [3.8, 4) is 44.5 Å². The van der Waals surface area contributed by atoms with E-state index in [9.17, 15) is 41.1 Å². The topological polar surface area (TPSA) is 105 Å². The van der Waals surface area contributed by atoms with Crippen molar-refractivity contribution in [3.05, 3.63) is 204 Å². The monoisotopic (exact) mass is 1110 g/mol. The Morgan fingerprint density at radius 1 is 0.439 bits per heavy atom. The summed E-state index contributed by atoms with van der Waals surface area (Å²) in [5.74, 6) is -7.23. The minimum atomic E-state index is -5.76. The van der Waals surface area contributed by atoms with Crippen molar-refractivity contribution in [2.24, 2.45) is 0 Å². The van der Waals surface area contributed by atoms with Gasteiger partial charge in [0.2, 0.25) is 0 Å². The molecule has 2 aliphatic carbocycles. The Morgan fingerprint density at radius 3 is 1.28 bits per heavy atom. The molecule has 0 heterocycles. The highest BCUT2D eigenvalue weighted by Gasteiger charge is 2.57. The van der Waals surface area contributed by atoms with Gasteiger partial charge in [-0.25, -0.2) is 19.2 Å². The van der Waals surface area contributed by atoms with E-state index in [0.29, 0.717) is 47.4 Å². The molecule has 0 spiro atoms. The smallest absolute Gasteiger partial charge is 0.453 e. The molecule has 0 fully saturated rings. The predicted octanol–water partition coefficient (Wildman–Crippen LogP) is 16.2. The van der Waals surface area contributed by atoms with Crippen LogP contribution in [0.15, 0.2) is 176 Å². The van der Waals surface area contributed by atoms with E-state index in [1.54, 1.807) is 39.8 Å². The molecule has 8 aromatic rings. The van der Waals surface area contributed by atoms with Crippen molar-refractivity contribution in [2.75, 3.05) is 26.4 Å². The highest BCUT2D eigenvalue weighted by Crippen LogP contribution is 2.56. The zero-order chi connectivity index (χ0) is 58.6. The average molecular weight is 1110 g/mol. The zero-order valence-corrected chi connectivity index (χ0v) is 46.0. The molecule has 8 aromatic carbocycles. The molecule has 418 valence electrons. The van der Waals surface area contributed by atoms with Gasteiger partial charge in [-0.05, 0) is 176 Å². The third-order valence-electron chi connectivity index (χ3n) is 16.0. The number of carbonyl (C=O) groups excluding carboxylic acids is 4. The predicted molar refractivity (Wildman–Crippen MR) is 310 cm³/mol. The fourth-order valence-corrected chi connectivity index (χ4v) is 12.1. The second-order valence-electron chi connectivity index (χ2n) is 21.9. The molecule has 0 atom stereocenters. The van der Waals surface area contributed by atoms with Crippen molar-refractivity contribution in [2.45, 2.75) is 82.7 Å². The third-order valence-corrected chi connectivity index (χ3v) is 16.0. The molecule has 0 aromatic heterocycles. The summed E-state index contributed by atoms with van der Waals surface area (Å²) in [5.41, 5.74) is 9.11. The van der Waals surface area contributed by atoms with Gasteiger partial charge < -0.3 is 18.9 Å². The fraction of sp³-hybridized carbons (Fsp3) is 0.246. The Balaban J connectivity index is 1.20. The fourth-order valence-electron chi connectivity index (χ4n) is 12.1. The quantitative estimate of drug-likeness (QED) is 0.0186. The number of hydrogen-bond donors (Lipinski definition) is 0. The second-order valence-corrected chi connectivity index (χ2v) is 21.9. The van der Waals surface area contributed by atoms with Crippen LogP contribution >= 0.6 is 0 Å². The minimum absolute atomic E-state index is 0.128. The Morgan fingerprint density at radius 2 is 0.841 bits per heavy atom. The summed E-state index contributed by atoms with van der Waals surface area (Å²) in [6.45, 7) is 21.2. The van der Waals surface area contributed by atoms with Crippen LogP contribution in [0.25, 0.3) is 76.8 Å². The van der Waals surface area contributed by atoms with Crippen LogP contribution in [-0.2, 0) is 55.4 Å². The van der Waals surface area contributed by atoms with E-state index in [1.165, 1.54) is 12.1 Å². The highest BCUT2D eigenvalue weighted by molar-refractivity contribution is 6.28. The van der Waals surface area contributed by atoms with Crippen molar-refractivity contribution >= 4 is 56.2 Å².